The maximum absolute atomic E-state index is 11.9. The van der Waals surface area contributed by atoms with Gasteiger partial charge >= 0.3 is 0 Å². The van der Waals surface area contributed by atoms with Crippen molar-refractivity contribution in [3.05, 3.63) is 0 Å². The summed E-state index contributed by atoms with van der Waals surface area (Å²) in [6, 6.07) is -0.145. The second kappa shape index (κ2) is 5.85. The van der Waals surface area contributed by atoms with Crippen molar-refractivity contribution in [2.24, 2.45) is 0 Å². The molecule has 0 atom stereocenters. The SMILES string of the molecule is CCS(=O)(=O)NC1CCN(S(=O)(=O)C(C)C)CC1. The number of nitrogens with one attached hydrogen (secondary N) is 1. The van der Waals surface area contributed by atoms with Crippen LogP contribution in [0.2, 0.25) is 0 Å². The normalized spacial score (nSPS) is 20.4. The Balaban J connectivity index is 2.57. The lowest BCUT2D eigenvalue weighted by Crippen LogP contribution is -2.48. The van der Waals surface area contributed by atoms with Gasteiger partial charge in [-0.1, -0.05) is 0 Å². The van der Waals surface area contributed by atoms with Gasteiger partial charge in [0.2, 0.25) is 20.0 Å². The van der Waals surface area contributed by atoms with Crippen LogP contribution in [0.5, 0.6) is 0 Å². The molecular weight excluding hydrogens is 276 g/mol. The molecule has 0 saturated carbocycles. The molecule has 1 aliphatic rings. The molecule has 1 aliphatic heterocycles. The van der Waals surface area contributed by atoms with E-state index in [2.05, 4.69) is 4.72 Å². The smallest absolute Gasteiger partial charge is 0.212 e. The van der Waals surface area contributed by atoms with Crippen LogP contribution < -0.4 is 4.72 Å². The molecule has 0 aromatic heterocycles. The van der Waals surface area contributed by atoms with Gasteiger partial charge in [-0.3, -0.25) is 0 Å². The van der Waals surface area contributed by atoms with Gasteiger partial charge in [0, 0.05) is 19.1 Å². The van der Waals surface area contributed by atoms with E-state index in [-0.39, 0.29) is 11.8 Å². The minimum atomic E-state index is -3.22. The van der Waals surface area contributed by atoms with E-state index in [1.165, 1.54) is 4.31 Å². The Morgan fingerprint density at radius 2 is 1.67 bits per heavy atom. The second-order valence-corrected chi connectivity index (χ2v) is 9.32. The molecule has 1 heterocycles. The van der Waals surface area contributed by atoms with Crippen LogP contribution in [0, 0.1) is 0 Å². The lowest BCUT2D eigenvalue weighted by molar-refractivity contribution is 0.306. The van der Waals surface area contributed by atoms with Gasteiger partial charge in [0.25, 0.3) is 0 Å². The van der Waals surface area contributed by atoms with Gasteiger partial charge in [0.05, 0.1) is 11.0 Å². The number of hydrogen-bond donors (Lipinski definition) is 1. The maximum Gasteiger partial charge on any atom is 0.216 e. The maximum atomic E-state index is 11.9. The molecule has 0 unspecified atom stereocenters. The number of sulfonamides is 2. The summed E-state index contributed by atoms with van der Waals surface area (Å²) in [6.45, 7) is 5.66. The van der Waals surface area contributed by atoms with E-state index in [0.717, 1.165) is 0 Å². The molecule has 18 heavy (non-hydrogen) atoms. The van der Waals surface area contributed by atoms with Crippen LogP contribution in [0.4, 0.5) is 0 Å². The molecule has 108 valence electrons. The van der Waals surface area contributed by atoms with Crippen molar-refractivity contribution in [1.29, 1.82) is 0 Å². The van der Waals surface area contributed by atoms with E-state index >= 15 is 0 Å². The third-order valence-corrected chi connectivity index (χ3v) is 6.86. The molecule has 0 amide bonds. The monoisotopic (exact) mass is 298 g/mol. The van der Waals surface area contributed by atoms with Crippen molar-refractivity contribution in [1.82, 2.24) is 9.03 Å². The first kappa shape index (κ1) is 15.9. The summed E-state index contributed by atoms with van der Waals surface area (Å²) in [5, 5.41) is -0.429. The van der Waals surface area contributed by atoms with Gasteiger partial charge in [-0.2, -0.15) is 0 Å². The van der Waals surface area contributed by atoms with Crippen LogP contribution in [-0.4, -0.2) is 51.3 Å². The highest BCUT2D eigenvalue weighted by atomic mass is 32.2. The third kappa shape index (κ3) is 3.91. The number of rotatable bonds is 5. The van der Waals surface area contributed by atoms with E-state index in [9.17, 15) is 16.8 Å². The summed E-state index contributed by atoms with van der Waals surface area (Å²) in [5.41, 5.74) is 0. The number of piperidine rings is 1. The molecule has 0 aliphatic carbocycles. The fourth-order valence-electron chi connectivity index (χ4n) is 1.86. The van der Waals surface area contributed by atoms with Gasteiger partial charge in [-0.05, 0) is 33.6 Å². The first-order valence-corrected chi connectivity index (χ1v) is 9.33. The fourth-order valence-corrected chi connectivity index (χ4v) is 4.09. The van der Waals surface area contributed by atoms with Crippen LogP contribution in [0.25, 0.3) is 0 Å². The minimum absolute atomic E-state index is 0.0531. The van der Waals surface area contributed by atoms with Crippen LogP contribution >= 0.6 is 0 Å². The average molecular weight is 298 g/mol. The average Bonchev–Trinajstić information content (AvgIpc) is 2.29. The van der Waals surface area contributed by atoms with Crippen molar-refractivity contribution >= 4 is 20.0 Å². The zero-order valence-corrected chi connectivity index (χ0v) is 12.7. The molecule has 8 heteroatoms. The Kier molecular flexibility index (Phi) is 5.16. The van der Waals surface area contributed by atoms with E-state index in [1.807, 2.05) is 0 Å². The molecule has 1 fully saturated rings. The summed E-state index contributed by atoms with van der Waals surface area (Å²) >= 11 is 0. The summed E-state index contributed by atoms with van der Waals surface area (Å²) in [5.74, 6) is 0.0531. The van der Waals surface area contributed by atoms with Gasteiger partial charge in [0.15, 0.2) is 0 Å². The molecular formula is C10H22N2O4S2. The van der Waals surface area contributed by atoms with E-state index < -0.39 is 25.3 Å². The van der Waals surface area contributed by atoms with Crippen LogP contribution in [-0.2, 0) is 20.0 Å². The summed E-state index contributed by atoms with van der Waals surface area (Å²) in [6.07, 6.45) is 1.07. The Bertz CT molecular complexity index is 462. The molecule has 1 saturated heterocycles. The standard InChI is InChI=1S/C10H22N2O4S2/c1-4-17(13,14)11-10-5-7-12(8-6-10)18(15,16)9(2)3/h9-11H,4-8H2,1-3H3. The van der Waals surface area contributed by atoms with E-state index in [1.54, 1.807) is 20.8 Å². The topological polar surface area (TPSA) is 83.6 Å². The van der Waals surface area contributed by atoms with Crippen LogP contribution in [0.3, 0.4) is 0 Å². The van der Waals surface area contributed by atoms with Gasteiger partial charge < -0.3 is 0 Å². The first-order valence-electron chi connectivity index (χ1n) is 6.18. The lowest BCUT2D eigenvalue weighted by Gasteiger charge is -2.32. The van der Waals surface area contributed by atoms with E-state index in [4.69, 9.17) is 0 Å². The third-order valence-electron chi connectivity index (χ3n) is 3.14. The molecule has 0 spiro atoms. The molecule has 0 aromatic carbocycles. The van der Waals surface area contributed by atoms with Crippen molar-refractivity contribution < 1.29 is 16.8 Å². The predicted molar refractivity (Wildman–Crippen MR) is 71.2 cm³/mol. The number of hydrogen-bond acceptors (Lipinski definition) is 4. The zero-order valence-electron chi connectivity index (χ0n) is 11.1. The Hall–Kier alpha value is -0.180. The molecule has 0 radical (unpaired) electrons. The van der Waals surface area contributed by atoms with Crippen molar-refractivity contribution in [2.45, 2.75) is 44.9 Å². The van der Waals surface area contributed by atoms with Crippen molar-refractivity contribution in [3.63, 3.8) is 0 Å². The Morgan fingerprint density at radius 3 is 2.06 bits per heavy atom. The number of nitrogens with zero attached hydrogens (tertiary/aromatic N) is 1. The second-order valence-electron chi connectivity index (χ2n) is 4.79. The highest BCUT2D eigenvalue weighted by molar-refractivity contribution is 7.89. The summed E-state index contributed by atoms with van der Waals surface area (Å²) < 4.78 is 50.7. The Morgan fingerprint density at radius 1 is 1.17 bits per heavy atom. The van der Waals surface area contributed by atoms with Crippen molar-refractivity contribution in [2.75, 3.05) is 18.8 Å². The minimum Gasteiger partial charge on any atom is -0.212 e. The molecule has 0 bridgehead atoms. The highest BCUT2D eigenvalue weighted by Crippen LogP contribution is 2.17. The molecule has 1 N–H and O–H groups in total. The van der Waals surface area contributed by atoms with Crippen LogP contribution in [0.15, 0.2) is 0 Å². The molecule has 6 nitrogen and oxygen atoms in total. The summed E-state index contributed by atoms with van der Waals surface area (Å²) in [7, 11) is -6.42. The van der Waals surface area contributed by atoms with Crippen molar-refractivity contribution in [3.8, 4) is 0 Å². The Labute approximate surface area is 110 Å². The first-order chi connectivity index (χ1) is 8.19. The van der Waals surface area contributed by atoms with Gasteiger partial charge in [-0.25, -0.2) is 25.9 Å². The fraction of sp³-hybridized carbons (Fsp3) is 1.00. The highest BCUT2D eigenvalue weighted by Gasteiger charge is 2.31. The summed E-state index contributed by atoms with van der Waals surface area (Å²) in [4.78, 5) is 0. The zero-order chi connectivity index (χ0) is 14.0. The molecule has 0 aromatic rings. The van der Waals surface area contributed by atoms with Gasteiger partial charge in [-0.15, -0.1) is 0 Å². The molecule has 1 rings (SSSR count). The predicted octanol–water partition coefficient (Wildman–Crippen LogP) is 0.128. The largest absolute Gasteiger partial charge is 0.216 e. The quantitative estimate of drug-likeness (QED) is 0.782. The van der Waals surface area contributed by atoms with Crippen LogP contribution in [0.1, 0.15) is 33.6 Å². The van der Waals surface area contributed by atoms with E-state index in [0.29, 0.717) is 25.9 Å². The van der Waals surface area contributed by atoms with Gasteiger partial charge in [0.1, 0.15) is 0 Å². The lowest BCUT2D eigenvalue weighted by atomic mass is 10.1.